The molecule has 0 unspecified atom stereocenters. The van der Waals surface area contributed by atoms with Gasteiger partial charge in [0, 0.05) is 41.3 Å². The quantitative estimate of drug-likeness (QED) is 0.226. The Morgan fingerprint density at radius 1 is 1.04 bits per heavy atom. The van der Waals surface area contributed by atoms with Crippen LogP contribution >= 0.6 is 22.9 Å². The number of carbonyl (C=O) groups is 2. The number of fused-ring (bicyclic) bond motifs is 1. The third kappa shape index (κ3) is 7.08. The van der Waals surface area contributed by atoms with Crippen LogP contribution in [-0.4, -0.2) is 51.6 Å². The first-order chi connectivity index (χ1) is 21.4. The summed E-state index contributed by atoms with van der Waals surface area (Å²) in [7, 11) is 1.74. The van der Waals surface area contributed by atoms with Crippen molar-refractivity contribution < 1.29 is 23.8 Å². The number of nitriles is 1. The fourth-order valence-electron chi connectivity index (χ4n) is 5.76. The van der Waals surface area contributed by atoms with E-state index in [-0.39, 0.29) is 51.7 Å². The van der Waals surface area contributed by atoms with Crippen LogP contribution in [-0.2, 0) is 11.3 Å². The number of thiophene rings is 1. The highest BCUT2D eigenvalue weighted by atomic mass is 35.5. The topological polar surface area (TPSA) is 93.9 Å². The van der Waals surface area contributed by atoms with Crippen molar-refractivity contribution in [3.05, 3.63) is 87.5 Å². The molecule has 1 saturated carbocycles. The van der Waals surface area contributed by atoms with Gasteiger partial charge in [-0.15, -0.1) is 11.3 Å². The maximum absolute atomic E-state index is 14.7. The number of hydrogen-bond acceptors (Lipinski definition) is 6. The van der Waals surface area contributed by atoms with E-state index in [0.29, 0.717) is 41.5 Å². The lowest BCUT2D eigenvalue weighted by molar-refractivity contribution is 0.0144. The molecule has 1 aliphatic rings. The summed E-state index contributed by atoms with van der Waals surface area (Å²) in [5, 5.41) is 20.4. The summed E-state index contributed by atoms with van der Waals surface area (Å²) in [5.74, 6) is -0.789. The van der Waals surface area contributed by atoms with Crippen molar-refractivity contribution in [2.45, 2.75) is 70.7 Å². The standard InChI is InChI=1S/C35H35ClFN3O4S/c1-35(2,3)44-34(43)39(4)25-13-15-26(16-14-25)40(33(42)32-31(36)30-27(37)6-5-7-29(30)45-32)20-24-18-23(12-17-28(24)41)22-10-8-21(19-38)9-11-22/h5-12,17-18,25-26,41H,13-16,20H2,1-4H3/t25-,26-. The summed E-state index contributed by atoms with van der Waals surface area (Å²) >= 11 is 7.80. The average molecular weight is 648 g/mol. The van der Waals surface area contributed by atoms with E-state index in [4.69, 9.17) is 16.3 Å². The number of rotatable bonds is 6. The minimum Gasteiger partial charge on any atom is -0.508 e. The highest BCUT2D eigenvalue weighted by molar-refractivity contribution is 7.21. The summed E-state index contributed by atoms with van der Waals surface area (Å²) in [6, 6.07) is 18.9. The van der Waals surface area contributed by atoms with E-state index in [0.717, 1.165) is 22.5 Å². The second kappa shape index (κ2) is 13.1. The highest BCUT2D eigenvalue weighted by Crippen LogP contribution is 2.40. The zero-order valence-electron chi connectivity index (χ0n) is 25.6. The molecule has 1 heterocycles. The second-order valence-corrected chi connectivity index (χ2v) is 13.8. The van der Waals surface area contributed by atoms with E-state index in [1.165, 1.54) is 6.07 Å². The lowest BCUT2D eigenvalue weighted by Gasteiger charge is -2.40. The number of carbonyl (C=O) groups excluding carboxylic acids is 2. The molecular formula is C35H35ClFN3O4S. The van der Waals surface area contributed by atoms with Crippen molar-refractivity contribution in [2.75, 3.05) is 7.05 Å². The number of nitrogens with zero attached hydrogens (tertiary/aromatic N) is 3. The van der Waals surface area contributed by atoms with Crippen molar-refractivity contribution in [2.24, 2.45) is 0 Å². The molecule has 234 valence electrons. The number of aromatic hydroxyl groups is 1. The smallest absolute Gasteiger partial charge is 0.410 e. The fourth-order valence-corrected chi connectivity index (χ4v) is 7.27. The molecule has 7 nitrogen and oxygen atoms in total. The van der Waals surface area contributed by atoms with E-state index >= 15 is 0 Å². The van der Waals surface area contributed by atoms with E-state index in [1.54, 1.807) is 53.2 Å². The van der Waals surface area contributed by atoms with Crippen LogP contribution in [0.25, 0.3) is 21.2 Å². The number of ether oxygens (including phenoxy) is 1. The van der Waals surface area contributed by atoms with Gasteiger partial charge in [-0.1, -0.05) is 35.9 Å². The summed E-state index contributed by atoms with van der Waals surface area (Å²) < 4.78 is 20.9. The zero-order chi connectivity index (χ0) is 32.5. The lowest BCUT2D eigenvalue weighted by atomic mass is 9.89. The Hall–Kier alpha value is -4.13. The zero-order valence-corrected chi connectivity index (χ0v) is 27.2. The molecule has 0 aliphatic heterocycles. The Balaban J connectivity index is 1.45. The third-order valence-corrected chi connectivity index (χ3v) is 9.80. The summed E-state index contributed by atoms with van der Waals surface area (Å²) in [5.41, 5.74) is 2.16. The van der Waals surface area contributed by atoms with Gasteiger partial charge in [0.1, 0.15) is 22.0 Å². The van der Waals surface area contributed by atoms with Crippen molar-refractivity contribution in [3.8, 4) is 22.9 Å². The number of phenols is 1. The molecule has 10 heteroatoms. The Bertz CT molecular complexity index is 1770. The van der Waals surface area contributed by atoms with Gasteiger partial charge in [-0.25, -0.2) is 9.18 Å². The third-order valence-electron chi connectivity index (χ3n) is 8.17. The van der Waals surface area contributed by atoms with E-state index < -0.39 is 11.4 Å². The molecule has 2 amide bonds. The molecule has 45 heavy (non-hydrogen) atoms. The maximum atomic E-state index is 14.7. The molecule has 0 atom stereocenters. The van der Waals surface area contributed by atoms with Crippen molar-refractivity contribution in [3.63, 3.8) is 0 Å². The molecule has 1 aliphatic carbocycles. The Kier molecular flexibility index (Phi) is 9.38. The first-order valence-electron chi connectivity index (χ1n) is 14.8. The number of hydrogen-bond donors (Lipinski definition) is 1. The summed E-state index contributed by atoms with van der Waals surface area (Å²) in [6.45, 7) is 5.58. The first-order valence-corrected chi connectivity index (χ1v) is 16.0. The predicted octanol–water partition coefficient (Wildman–Crippen LogP) is 8.76. The van der Waals surface area contributed by atoms with Crippen LogP contribution in [0.5, 0.6) is 5.75 Å². The van der Waals surface area contributed by atoms with Crippen LogP contribution in [0, 0.1) is 17.1 Å². The molecule has 0 spiro atoms. The first kappa shape index (κ1) is 32.3. The molecule has 3 aromatic carbocycles. The minimum absolute atomic E-state index is 0.0389. The maximum Gasteiger partial charge on any atom is 0.410 e. The minimum atomic E-state index is -0.608. The molecule has 0 bridgehead atoms. The van der Waals surface area contributed by atoms with Gasteiger partial charge < -0.3 is 19.6 Å². The van der Waals surface area contributed by atoms with Crippen LogP contribution in [0.15, 0.2) is 60.7 Å². The van der Waals surface area contributed by atoms with Gasteiger partial charge >= 0.3 is 6.09 Å². The largest absolute Gasteiger partial charge is 0.508 e. The van der Waals surface area contributed by atoms with Crippen LogP contribution < -0.4 is 0 Å². The van der Waals surface area contributed by atoms with Gasteiger partial charge in [-0.2, -0.15) is 5.26 Å². The van der Waals surface area contributed by atoms with Crippen molar-refractivity contribution in [1.29, 1.82) is 5.26 Å². The number of phenolic OH excluding ortho intramolecular Hbond substituents is 1. The molecule has 4 aromatic rings. The van der Waals surface area contributed by atoms with E-state index in [2.05, 4.69) is 6.07 Å². The van der Waals surface area contributed by atoms with Gasteiger partial charge in [-0.05, 0) is 94.0 Å². The monoisotopic (exact) mass is 647 g/mol. The Labute approximate surface area is 271 Å². The lowest BCUT2D eigenvalue weighted by Crippen LogP contribution is -2.47. The molecule has 1 fully saturated rings. The number of benzene rings is 3. The Morgan fingerprint density at radius 2 is 1.69 bits per heavy atom. The van der Waals surface area contributed by atoms with Gasteiger partial charge in [0.15, 0.2) is 0 Å². The number of amides is 2. The number of halogens is 2. The molecule has 0 saturated heterocycles. The van der Waals surface area contributed by atoms with Crippen molar-refractivity contribution in [1.82, 2.24) is 9.80 Å². The van der Waals surface area contributed by atoms with Crippen LogP contribution in [0.4, 0.5) is 9.18 Å². The highest BCUT2D eigenvalue weighted by Gasteiger charge is 2.35. The second-order valence-electron chi connectivity index (χ2n) is 12.4. The molecule has 5 rings (SSSR count). The molecule has 1 N–H and O–H groups in total. The van der Waals surface area contributed by atoms with Gasteiger partial charge in [0.25, 0.3) is 5.91 Å². The predicted molar refractivity (Wildman–Crippen MR) is 175 cm³/mol. The SMILES string of the molecule is CN(C(=O)OC(C)(C)C)[C@H]1CC[C@H](N(Cc2cc(-c3ccc(C#N)cc3)ccc2O)C(=O)c2sc3cccc(F)c3c2Cl)CC1. The molecule has 1 aromatic heterocycles. The van der Waals surface area contributed by atoms with Crippen molar-refractivity contribution >= 4 is 45.0 Å². The van der Waals surface area contributed by atoms with E-state index in [1.807, 2.05) is 39.0 Å². The fraction of sp³-hybridized carbons (Fsp3) is 0.343. The van der Waals surface area contributed by atoms with Crippen LogP contribution in [0.1, 0.15) is 67.3 Å². The Morgan fingerprint density at radius 3 is 2.31 bits per heavy atom. The van der Waals surface area contributed by atoms with Gasteiger partial charge in [0.2, 0.25) is 0 Å². The van der Waals surface area contributed by atoms with E-state index in [9.17, 15) is 24.3 Å². The molecular weight excluding hydrogens is 613 g/mol. The van der Waals surface area contributed by atoms with Crippen LogP contribution in [0.3, 0.4) is 0 Å². The molecule has 0 radical (unpaired) electrons. The normalized spacial score (nSPS) is 16.6. The van der Waals surface area contributed by atoms with Crippen LogP contribution in [0.2, 0.25) is 5.02 Å². The summed E-state index contributed by atoms with van der Waals surface area (Å²) in [6.07, 6.45) is 2.13. The van der Waals surface area contributed by atoms with Gasteiger partial charge in [-0.3, -0.25) is 4.79 Å². The average Bonchev–Trinajstić information content (AvgIpc) is 3.36. The van der Waals surface area contributed by atoms with Gasteiger partial charge in [0.05, 0.1) is 16.7 Å². The summed E-state index contributed by atoms with van der Waals surface area (Å²) in [4.78, 5) is 30.6.